The van der Waals surface area contributed by atoms with Crippen LogP contribution in [0.25, 0.3) is 0 Å². The van der Waals surface area contributed by atoms with Gasteiger partial charge in [-0.1, -0.05) is 25.8 Å². The summed E-state index contributed by atoms with van der Waals surface area (Å²) in [5.74, 6) is 0.468. The fourth-order valence-corrected chi connectivity index (χ4v) is 2.81. The Morgan fingerprint density at radius 2 is 2.05 bits per heavy atom. The van der Waals surface area contributed by atoms with Gasteiger partial charge in [0.2, 0.25) is 0 Å². The van der Waals surface area contributed by atoms with E-state index >= 15 is 0 Å². The van der Waals surface area contributed by atoms with Crippen molar-refractivity contribution in [1.82, 2.24) is 5.32 Å². The molecule has 1 aliphatic carbocycles. The summed E-state index contributed by atoms with van der Waals surface area (Å²) in [5.41, 5.74) is 0.957. The van der Waals surface area contributed by atoms with Crippen molar-refractivity contribution in [3.05, 3.63) is 33.9 Å². The van der Waals surface area contributed by atoms with Crippen molar-refractivity contribution in [3.8, 4) is 0 Å². The van der Waals surface area contributed by atoms with E-state index in [4.69, 9.17) is 0 Å². The molecule has 2 N–H and O–H groups in total. The van der Waals surface area contributed by atoms with Crippen LogP contribution in [0.3, 0.4) is 0 Å². The third kappa shape index (κ3) is 3.71. The zero-order valence-electron chi connectivity index (χ0n) is 12.4. The van der Waals surface area contributed by atoms with Gasteiger partial charge in [-0.3, -0.25) is 10.1 Å². The second-order valence-corrected chi connectivity index (χ2v) is 5.67. The number of nitro benzene ring substituents is 1. The molecule has 0 radical (unpaired) electrons. The molecule has 1 fully saturated rings. The molecule has 1 aliphatic rings. The van der Waals surface area contributed by atoms with Crippen LogP contribution in [0.2, 0.25) is 0 Å². The van der Waals surface area contributed by atoms with Gasteiger partial charge < -0.3 is 10.6 Å². The highest BCUT2D eigenvalue weighted by Gasteiger charge is 2.23. The maximum absolute atomic E-state index is 12.1. The molecule has 2 amide bonds. The standard InChI is InChI=1S/C15H21N3O3/c1-10-6-3-4-7-12(10)16-15(19)17-13-8-5-9-14(11(13)2)18(20)21/h5,8-10,12H,3-4,6-7H2,1-2H3,(H2,16,17,19). The number of hydrogen-bond acceptors (Lipinski definition) is 3. The lowest BCUT2D eigenvalue weighted by Gasteiger charge is -2.29. The fourth-order valence-electron chi connectivity index (χ4n) is 2.81. The summed E-state index contributed by atoms with van der Waals surface area (Å²) in [6, 6.07) is 4.56. The topological polar surface area (TPSA) is 84.3 Å². The van der Waals surface area contributed by atoms with Crippen LogP contribution in [-0.4, -0.2) is 17.0 Å². The molecule has 21 heavy (non-hydrogen) atoms. The van der Waals surface area contributed by atoms with Gasteiger partial charge >= 0.3 is 6.03 Å². The van der Waals surface area contributed by atoms with Crippen molar-refractivity contribution in [1.29, 1.82) is 0 Å². The van der Waals surface area contributed by atoms with Crippen molar-refractivity contribution in [2.24, 2.45) is 5.92 Å². The van der Waals surface area contributed by atoms with E-state index in [2.05, 4.69) is 17.6 Å². The van der Waals surface area contributed by atoms with E-state index in [0.29, 0.717) is 17.2 Å². The Morgan fingerprint density at radius 3 is 2.71 bits per heavy atom. The van der Waals surface area contributed by atoms with Gasteiger partial charge in [0.05, 0.1) is 16.2 Å². The number of nitrogens with one attached hydrogen (secondary N) is 2. The summed E-state index contributed by atoms with van der Waals surface area (Å²) in [4.78, 5) is 22.5. The van der Waals surface area contributed by atoms with Crippen LogP contribution in [0.15, 0.2) is 18.2 Å². The number of carbonyl (C=O) groups is 1. The summed E-state index contributed by atoms with van der Waals surface area (Å²) in [6.07, 6.45) is 4.46. The van der Waals surface area contributed by atoms with E-state index in [0.717, 1.165) is 19.3 Å². The minimum atomic E-state index is -0.443. The molecule has 0 spiro atoms. The lowest BCUT2D eigenvalue weighted by Crippen LogP contribution is -2.43. The third-order valence-corrected chi connectivity index (χ3v) is 4.18. The van der Waals surface area contributed by atoms with E-state index in [1.54, 1.807) is 19.1 Å². The van der Waals surface area contributed by atoms with Gasteiger partial charge in [0.15, 0.2) is 0 Å². The van der Waals surface area contributed by atoms with E-state index in [9.17, 15) is 14.9 Å². The highest BCUT2D eigenvalue weighted by molar-refractivity contribution is 5.90. The van der Waals surface area contributed by atoms with E-state index < -0.39 is 4.92 Å². The van der Waals surface area contributed by atoms with Crippen molar-refractivity contribution in [2.45, 2.75) is 45.6 Å². The zero-order chi connectivity index (χ0) is 15.4. The largest absolute Gasteiger partial charge is 0.335 e. The van der Waals surface area contributed by atoms with E-state index in [-0.39, 0.29) is 17.8 Å². The molecule has 0 heterocycles. The molecule has 0 bridgehead atoms. The smallest absolute Gasteiger partial charge is 0.319 e. The van der Waals surface area contributed by atoms with Gasteiger partial charge in [-0.25, -0.2) is 4.79 Å². The predicted octanol–water partition coefficient (Wildman–Crippen LogP) is 3.60. The molecule has 1 saturated carbocycles. The fraction of sp³-hybridized carbons (Fsp3) is 0.533. The molecule has 0 aliphatic heterocycles. The van der Waals surface area contributed by atoms with Gasteiger partial charge in [0.25, 0.3) is 5.69 Å². The number of nitro groups is 1. The number of nitrogens with zero attached hydrogens (tertiary/aromatic N) is 1. The number of urea groups is 1. The Hall–Kier alpha value is -2.11. The molecule has 114 valence electrons. The highest BCUT2D eigenvalue weighted by atomic mass is 16.6. The normalized spacial score (nSPS) is 21.6. The van der Waals surface area contributed by atoms with Crippen LogP contribution in [0, 0.1) is 23.0 Å². The monoisotopic (exact) mass is 291 g/mol. The Morgan fingerprint density at radius 1 is 1.33 bits per heavy atom. The number of amides is 2. The van der Waals surface area contributed by atoms with Crippen molar-refractivity contribution in [3.63, 3.8) is 0 Å². The van der Waals surface area contributed by atoms with Gasteiger partial charge in [-0.15, -0.1) is 0 Å². The van der Waals surface area contributed by atoms with Crippen LogP contribution in [0.5, 0.6) is 0 Å². The van der Waals surface area contributed by atoms with Crippen LogP contribution in [-0.2, 0) is 0 Å². The second-order valence-electron chi connectivity index (χ2n) is 5.67. The lowest BCUT2D eigenvalue weighted by atomic mass is 9.86. The molecule has 0 aromatic heterocycles. The van der Waals surface area contributed by atoms with Crippen molar-refractivity contribution in [2.75, 3.05) is 5.32 Å². The Balaban J connectivity index is 2.02. The van der Waals surface area contributed by atoms with Crippen LogP contribution in [0.4, 0.5) is 16.2 Å². The first-order valence-corrected chi connectivity index (χ1v) is 7.30. The summed E-state index contributed by atoms with van der Waals surface area (Å²) in [5, 5.41) is 16.6. The van der Waals surface area contributed by atoms with Crippen LogP contribution in [0.1, 0.15) is 38.2 Å². The molecule has 2 atom stereocenters. The third-order valence-electron chi connectivity index (χ3n) is 4.18. The minimum absolute atomic E-state index is 0.0128. The number of benzene rings is 1. The van der Waals surface area contributed by atoms with Crippen molar-refractivity contribution >= 4 is 17.4 Å². The first-order chi connectivity index (χ1) is 9.99. The molecule has 1 aromatic rings. The Bertz CT molecular complexity index is 545. The highest BCUT2D eigenvalue weighted by Crippen LogP contribution is 2.26. The Kier molecular flexibility index (Phi) is 4.77. The van der Waals surface area contributed by atoms with Crippen molar-refractivity contribution < 1.29 is 9.72 Å². The summed E-state index contributed by atoms with van der Waals surface area (Å²) in [7, 11) is 0. The lowest BCUT2D eigenvalue weighted by molar-refractivity contribution is -0.385. The quantitative estimate of drug-likeness (QED) is 0.659. The molecule has 6 heteroatoms. The van der Waals surface area contributed by atoms with Gasteiger partial charge in [-0.05, 0) is 31.7 Å². The van der Waals surface area contributed by atoms with E-state index in [1.165, 1.54) is 12.5 Å². The molecule has 2 unspecified atom stereocenters. The van der Waals surface area contributed by atoms with Crippen LogP contribution >= 0.6 is 0 Å². The molecular formula is C15H21N3O3. The summed E-state index contributed by atoms with van der Waals surface area (Å²) in [6.45, 7) is 3.78. The Labute approximate surface area is 124 Å². The van der Waals surface area contributed by atoms with Gasteiger partial charge in [0.1, 0.15) is 0 Å². The predicted molar refractivity (Wildman–Crippen MR) is 81.4 cm³/mol. The maximum atomic E-state index is 12.1. The van der Waals surface area contributed by atoms with Crippen LogP contribution < -0.4 is 10.6 Å². The molecule has 6 nitrogen and oxygen atoms in total. The first-order valence-electron chi connectivity index (χ1n) is 7.30. The number of anilines is 1. The SMILES string of the molecule is Cc1c(NC(=O)NC2CCCCC2C)cccc1[N+](=O)[O-]. The molecule has 0 saturated heterocycles. The van der Waals surface area contributed by atoms with Gasteiger partial charge in [-0.2, -0.15) is 0 Å². The number of hydrogen-bond donors (Lipinski definition) is 2. The van der Waals surface area contributed by atoms with Gasteiger partial charge in [0, 0.05) is 12.1 Å². The second kappa shape index (κ2) is 6.56. The average Bonchev–Trinajstić information content (AvgIpc) is 2.43. The maximum Gasteiger partial charge on any atom is 0.319 e. The summed E-state index contributed by atoms with van der Waals surface area (Å²) < 4.78 is 0. The average molecular weight is 291 g/mol. The summed E-state index contributed by atoms with van der Waals surface area (Å²) >= 11 is 0. The number of rotatable bonds is 3. The first kappa shape index (κ1) is 15.3. The molecular weight excluding hydrogens is 270 g/mol. The van der Waals surface area contributed by atoms with E-state index in [1.807, 2.05) is 0 Å². The molecule has 1 aromatic carbocycles. The zero-order valence-corrected chi connectivity index (χ0v) is 12.4. The minimum Gasteiger partial charge on any atom is -0.335 e. The molecule has 2 rings (SSSR count). The number of carbonyl (C=O) groups excluding carboxylic acids is 1.